The van der Waals surface area contributed by atoms with Crippen molar-refractivity contribution < 1.29 is 8.78 Å². The van der Waals surface area contributed by atoms with E-state index in [0.717, 1.165) is 5.56 Å². The highest BCUT2D eigenvalue weighted by Crippen LogP contribution is 2.33. The van der Waals surface area contributed by atoms with Crippen molar-refractivity contribution in [2.75, 3.05) is 6.54 Å². The van der Waals surface area contributed by atoms with E-state index in [1.165, 1.54) is 6.07 Å². The van der Waals surface area contributed by atoms with Gasteiger partial charge in [-0.25, -0.2) is 8.78 Å². The van der Waals surface area contributed by atoms with Gasteiger partial charge in [-0.2, -0.15) is 0 Å². The maximum Gasteiger partial charge on any atom is 0.148 e. The van der Waals surface area contributed by atoms with Crippen LogP contribution >= 0.6 is 27.5 Å². The van der Waals surface area contributed by atoms with Crippen molar-refractivity contribution in [1.82, 2.24) is 5.32 Å². The van der Waals surface area contributed by atoms with Crippen LogP contribution in [0.25, 0.3) is 0 Å². The predicted octanol–water partition coefficient (Wildman–Crippen LogP) is 5.39. The first-order chi connectivity index (χ1) is 9.95. The smallest absolute Gasteiger partial charge is 0.148 e. The Bertz CT molecular complexity index is 661. The molecule has 5 heteroatoms. The van der Waals surface area contributed by atoms with Gasteiger partial charge in [0.05, 0.1) is 11.1 Å². The van der Waals surface area contributed by atoms with Crippen LogP contribution in [0.15, 0.2) is 34.8 Å². The molecule has 0 aliphatic rings. The summed E-state index contributed by atoms with van der Waals surface area (Å²) >= 11 is 9.12. The molecule has 112 valence electrons. The highest BCUT2D eigenvalue weighted by atomic mass is 79.9. The molecule has 0 bridgehead atoms. The molecule has 2 aromatic carbocycles. The third kappa shape index (κ3) is 3.44. The van der Waals surface area contributed by atoms with E-state index in [4.69, 9.17) is 11.6 Å². The Morgan fingerprint density at radius 3 is 2.48 bits per heavy atom. The van der Waals surface area contributed by atoms with Crippen molar-refractivity contribution in [3.63, 3.8) is 0 Å². The quantitative estimate of drug-likeness (QED) is 0.708. The fraction of sp³-hybridized carbons (Fsp3) is 0.250. The van der Waals surface area contributed by atoms with E-state index < -0.39 is 11.9 Å². The van der Waals surface area contributed by atoms with Crippen molar-refractivity contribution in [2.24, 2.45) is 0 Å². The molecule has 0 radical (unpaired) electrons. The van der Waals surface area contributed by atoms with Crippen LogP contribution in [0.2, 0.25) is 5.02 Å². The predicted molar refractivity (Wildman–Crippen MR) is 85.8 cm³/mol. The molecule has 2 rings (SSSR count). The fourth-order valence-electron chi connectivity index (χ4n) is 2.22. The van der Waals surface area contributed by atoms with Crippen LogP contribution in [0.1, 0.15) is 29.7 Å². The molecular formula is C16H15BrClF2N. The van der Waals surface area contributed by atoms with Crippen LogP contribution < -0.4 is 5.32 Å². The molecule has 0 aromatic heterocycles. The lowest BCUT2D eigenvalue weighted by atomic mass is 9.96. The zero-order valence-corrected chi connectivity index (χ0v) is 14.0. The van der Waals surface area contributed by atoms with Crippen LogP contribution in [0.4, 0.5) is 8.78 Å². The number of nitrogens with one attached hydrogen (secondary N) is 1. The zero-order chi connectivity index (χ0) is 15.6. The summed E-state index contributed by atoms with van der Waals surface area (Å²) in [7, 11) is 0. The first-order valence-electron chi connectivity index (χ1n) is 6.58. The van der Waals surface area contributed by atoms with Gasteiger partial charge in [0.2, 0.25) is 0 Å². The molecule has 0 fully saturated rings. The number of benzene rings is 2. The van der Waals surface area contributed by atoms with Crippen molar-refractivity contribution in [3.8, 4) is 0 Å². The van der Waals surface area contributed by atoms with Crippen molar-refractivity contribution in [2.45, 2.75) is 19.9 Å². The summed E-state index contributed by atoms with van der Waals surface area (Å²) in [6.45, 7) is 4.27. The molecule has 0 heterocycles. The largest absolute Gasteiger partial charge is 0.306 e. The minimum atomic E-state index is -0.582. The van der Waals surface area contributed by atoms with E-state index in [1.54, 1.807) is 24.3 Å². The van der Waals surface area contributed by atoms with Crippen molar-refractivity contribution in [1.29, 1.82) is 0 Å². The van der Waals surface area contributed by atoms with Gasteiger partial charge < -0.3 is 5.32 Å². The van der Waals surface area contributed by atoms with Crippen molar-refractivity contribution >= 4 is 27.5 Å². The molecule has 1 atom stereocenters. The number of aryl methyl sites for hydroxylation is 1. The minimum absolute atomic E-state index is 0.00271. The van der Waals surface area contributed by atoms with Crippen LogP contribution in [0, 0.1) is 18.6 Å². The van der Waals surface area contributed by atoms with Gasteiger partial charge in [-0.1, -0.05) is 36.7 Å². The molecule has 0 aliphatic heterocycles. The second-order valence-electron chi connectivity index (χ2n) is 4.78. The van der Waals surface area contributed by atoms with Gasteiger partial charge in [-0.3, -0.25) is 0 Å². The van der Waals surface area contributed by atoms with E-state index in [1.807, 2.05) is 13.8 Å². The normalized spacial score (nSPS) is 12.5. The highest BCUT2D eigenvalue weighted by Gasteiger charge is 2.22. The number of halogens is 4. The van der Waals surface area contributed by atoms with Crippen molar-refractivity contribution in [3.05, 3.63) is 68.2 Å². The van der Waals surface area contributed by atoms with Gasteiger partial charge in [0.25, 0.3) is 0 Å². The Kier molecular flexibility index (Phi) is 5.36. The van der Waals surface area contributed by atoms with Gasteiger partial charge in [0.15, 0.2) is 0 Å². The molecule has 0 spiro atoms. The Balaban J connectivity index is 2.56. The Morgan fingerprint density at radius 2 is 1.86 bits per heavy atom. The average molecular weight is 375 g/mol. The third-order valence-electron chi connectivity index (χ3n) is 3.25. The lowest BCUT2D eigenvalue weighted by molar-refractivity contribution is 0.530. The molecule has 0 aliphatic carbocycles. The molecule has 1 unspecified atom stereocenters. The Labute approximate surface area is 136 Å². The summed E-state index contributed by atoms with van der Waals surface area (Å²) < 4.78 is 29.1. The average Bonchev–Trinajstić information content (AvgIpc) is 2.44. The first kappa shape index (κ1) is 16.4. The SMILES string of the molecule is CCNC(c1ccc(C)cc1F)c1ccc(Br)c(Cl)c1F. The van der Waals surface area contributed by atoms with Gasteiger partial charge in [-0.05, 0) is 47.1 Å². The van der Waals surface area contributed by atoms with E-state index in [2.05, 4.69) is 21.2 Å². The molecule has 21 heavy (non-hydrogen) atoms. The Morgan fingerprint density at radius 1 is 1.19 bits per heavy atom. The topological polar surface area (TPSA) is 12.0 Å². The number of hydrogen-bond acceptors (Lipinski definition) is 1. The summed E-state index contributed by atoms with van der Waals surface area (Å²) in [6.07, 6.45) is 0. The monoisotopic (exact) mass is 373 g/mol. The Hall–Kier alpha value is -0.970. The third-order valence-corrected chi connectivity index (χ3v) is 4.51. The van der Waals surface area contributed by atoms with Crippen LogP contribution in [-0.2, 0) is 0 Å². The van der Waals surface area contributed by atoms with E-state index in [9.17, 15) is 8.78 Å². The summed E-state index contributed by atoms with van der Waals surface area (Å²) in [5.41, 5.74) is 1.55. The summed E-state index contributed by atoms with van der Waals surface area (Å²) in [4.78, 5) is 0. The number of rotatable bonds is 4. The van der Waals surface area contributed by atoms with Crippen LogP contribution in [0.3, 0.4) is 0 Å². The lowest BCUT2D eigenvalue weighted by Gasteiger charge is -2.21. The van der Waals surface area contributed by atoms with E-state index in [0.29, 0.717) is 22.1 Å². The van der Waals surface area contributed by atoms with Gasteiger partial charge in [-0.15, -0.1) is 0 Å². The van der Waals surface area contributed by atoms with Crippen LogP contribution in [-0.4, -0.2) is 6.54 Å². The van der Waals surface area contributed by atoms with E-state index in [-0.39, 0.29) is 10.8 Å². The number of hydrogen-bond donors (Lipinski definition) is 1. The lowest BCUT2D eigenvalue weighted by Crippen LogP contribution is -2.24. The molecule has 1 nitrogen and oxygen atoms in total. The maximum atomic E-state index is 14.4. The van der Waals surface area contributed by atoms with Crippen LogP contribution in [0.5, 0.6) is 0 Å². The second kappa shape index (κ2) is 6.86. The first-order valence-corrected chi connectivity index (χ1v) is 7.75. The molecular weight excluding hydrogens is 360 g/mol. The maximum absolute atomic E-state index is 14.4. The molecule has 0 saturated carbocycles. The summed E-state index contributed by atoms with van der Waals surface area (Å²) in [5, 5.41) is 3.11. The fourth-order valence-corrected chi connectivity index (χ4v) is 2.70. The zero-order valence-electron chi connectivity index (χ0n) is 11.7. The second-order valence-corrected chi connectivity index (χ2v) is 6.01. The highest BCUT2D eigenvalue weighted by molar-refractivity contribution is 9.10. The van der Waals surface area contributed by atoms with E-state index >= 15 is 0 Å². The van der Waals surface area contributed by atoms with Gasteiger partial charge in [0.1, 0.15) is 11.6 Å². The minimum Gasteiger partial charge on any atom is -0.306 e. The van der Waals surface area contributed by atoms with Gasteiger partial charge >= 0.3 is 0 Å². The molecule has 0 saturated heterocycles. The standard InChI is InChI=1S/C16H15BrClF2N/c1-3-21-16(10-5-4-9(2)8-13(10)19)11-6-7-12(17)14(18)15(11)20/h4-8,16,21H,3H2,1-2H3. The molecule has 1 N–H and O–H groups in total. The summed E-state index contributed by atoms with van der Waals surface area (Å²) in [5.74, 6) is -0.906. The van der Waals surface area contributed by atoms with Gasteiger partial charge in [0, 0.05) is 15.6 Å². The summed E-state index contributed by atoms with van der Waals surface area (Å²) in [6, 6.07) is 7.61. The molecule has 0 amide bonds. The molecule has 2 aromatic rings.